The zero-order chi connectivity index (χ0) is 17.9. The molecule has 0 saturated carbocycles. The van der Waals surface area contributed by atoms with Crippen LogP contribution in [-0.2, 0) is 0 Å². The van der Waals surface area contributed by atoms with Crippen LogP contribution >= 0.6 is 0 Å². The predicted molar refractivity (Wildman–Crippen MR) is 105 cm³/mol. The van der Waals surface area contributed by atoms with Crippen LogP contribution in [0.1, 0.15) is 19.3 Å². The molecule has 1 unspecified atom stereocenters. The Morgan fingerprint density at radius 2 is 1.96 bits per heavy atom. The van der Waals surface area contributed by atoms with Gasteiger partial charge in [-0.05, 0) is 42.5 Å². The molecule has 1 saturated heterocycles. The molecular weight excluding hydrogens is 296 g/mol. The Balaban J connectivity index is 2.68. The van der Waals surface area contributed by atoms with Crippen molar-refractivity contribution in [2.45, 2.75) is 25.3 Å². The number of allylic oxidation sites excluding steroid dienone is 4. The number of nitrogens with one attached hydrogen (secondary N) is 1. The quantitative estimate of drug-likeness (QED) is 0.540. The zero-order valence-electron chi connectivity index (χ0n) is 14.5. The molecule has 1 heterocycles. The van der Waals surface area contributed by atoms with Crippen molar-refractivity contribution < 1.29 is 0 Å². The molecule has 0 aromatic heterocycles. The minimum Gasteiger partial charge on any atom is -0.405 e. The number of nitrogens with zero attached hydrogens (tertiary/aromatic N) is 1. The van der Waals surface area contributed by atoms with Gasteiger partial charge < -0.3 is 21.7 Å². The summed E-state index contributed by atoms with van der Waals surface area (Å²) >= 11 is 0. The second kappa shape index (κ2) is 10.2. The summed E-state index contributed by atoms with van der Waals surface area (Å²) in [5.41, 5.74) is 15.2. The van der Waals surface area contributed by atoms with Crippen molar-refractivity contribution in [3.05, 3.63) is 85.6 Å². The van der Waals surface area contributed by atoms with Crippen molar-refractivity contribution in [1.82, 2.24) is 10.2 Å². The van der Waals surface area contributed by atoms with Gasteiger partial charge in [-0.3, -0.25) is 0 Å². The fraction of sp³-hybridized carbons (Fsp3) is 0.300. The Hall–Kier alpha value is -2.62. The van der Waals surface area contributed by atoms with E-state index in [1.165, 1.54) is 6.20 Å². The fourth-order valence-electron chi connectivity index (χ4n) is 2.83. The van der Waals surface area contributed by atoms with Crippen molar-refractivity contribution >= 4 is 0 Å². The standard InChI is InChI=1S/C20H30N4/c1-5-8-18(6-2)15-23-17(4)20-9-7-12-24(20)16(3)13-19(14-22)10-11-21/h5-6,8,10-11,14,20,23H,1-4,7,9,12-13,15,21-22H2/b11-10-,18-8+,19-14?. The molecule has 0 amide bonds. The van der Waals surface area contributed by atoms with Crippen LogP contribution in [0.4, 0.5) is 0 Å². The average Bonchev–Trinajstić information content (AvgIpc) is 3.07. The van der Waals surface area contributed by atoms with Gasteiger partial charge in [0.05, 0.1) is 6.04 Å². The lowest BCUT2D eigenvalue weighted by molar-refractivity contribution is 0.339. The summed E-state index contributed by atoms with van der Waals surface area (Å²) in [6.45, 7) is 17.6. The molecule has 1 rings (SSSR count). The van der Waals surface area contributed by atoms with E-state index in [1.54, 1.807) is 18.4 Å². The molecule has 1 aliphatic rings. The van der Waals surface area contributed by atoms with Crippen molar-refractivity contribution in [3.63, 3.8) is 0 Å². The van der Waals surface area contributed by atoms with E-state index in [1.807, 2.05) is 12.2 Å². The molecule has 1 aliphatic heterocycles. The van der Waals surface area contributed by atoms with E-state index < -0.39 is 0 Å². The fourth-order valence-corrected chi connectivity index (χ4v) is 2.83. The molecule has 130 valence electrons. The van der Waals surface area contributed by atoms with Crippen LogP contribution < -0.4 is 16.8 Å². The normalized spacial score (nSPS) is 18.7. The smallest absolute Gasteiger partial charge is 0.0680 e. The summed E-state index contributed by atoms with van der Waals surface area (Å²) in [7, 11) is 0. The van der Waals surface area contributed by atoms with Gasteiger partial charge in [0.2, 0.25) is 0 Å². The van der Waals surface area contributed by atoms with Gasteiger partial charge in [-0.15, -0.1) is 0 Å². The first-order valence-corrected chi connectivity index (χ1v) is 8.17. The van der Waals surface area contributed by atoms with Crippen LogP contribution in [0, 0.1) is 0 Å². The Labute approximate surface area is 146 Å². The number of hydrogen-bond donors (Lipinski definition) is 3. The monoisotopic (exact) mass is 326 g/mol. The van der Waals surface area contributed by atoms with E-state index in [4.69, 9.17) is 11.5 Å². The molecule has 0 bridgehead atoms. The van der Waals surface area contributed by atoms with E-state index in [-0.39, 0.29) is 6.04 Å². The van der Waals surface area contributed by atoms with Gasteiger partial charge in [-0.2, -0.15) is 0 Å². The van der Waals surface area contributed by atoms with Crippen molar-refractivity contribution in [3.8, 4) is 0 Å². The maximum Gasteiger partial charge on any atom is 0.0680 e. The summed E-state index contributed by atoms with van der Waals surface area (Å²) in [6.07, 6.45) is 13.3. The first kappa shape index (κ1) is 19.4. The highest BCUT2D eigenvalue weighted by atomic mass is 15.2. The predicted octanol–water partition coefficient (Wildman–Crippen LogP) is 3.07. The molecule has 0 aromatic carbocycles. The second-order valence-corrected chi connectivity index (χ2v) is 5.76. The Kier molecular flexibility index (Phi) is 8.26. The maximum atomic E-state index is 5.64. The summed E-state index contributed by atoms with van der Waals surface area (Å²) in [5, 5.41) is 3.40. The second-order valence-electron chi connectivity index (χ2n) is 5.76. The van der Waals surface area contributed by atoms with Crippen LogP contribution in [0.15, 0.2) is 85.6 Å². The van der Waals surface area contributed by atoms with Gasteiger partial charge in [-0.25, -0.2) is 0 Å². The number of rotatable bonds is 10. The highest BCUT2D eigenvalue weighted by Gasteiger charge is 2.27. The molecule has 4 heteroatoms. The van der Waals surface area contributed by atoms with Crippen LogP contribution in [0.2, 0.25) is 0 Å². The van der Waals surface area contributed by atoms with Gasteiger partial charge in [0, 0.05) is 30.9 Å². The molecule has 0 aliphatic carbocycles. The topological polar surface area (TPSA) is 67.3 Å². The Bertz CT molecular complexity index is 566. The highest BCUT2D eigenvalue weighted by Crippen LogP contribution is 2.28. The molecule has 24 heavy (non-hydrogen) atoms. The third-order valence-corrected chi connectivity index (χ3v) is 4.11. The van der Waals surface area contributed by atoms with E-state index in [2.05, 4.69) is 36.5 Å². The highest BCUT2D eigenvalue weighted by molar-refractivity contribution is 5.26. The SMILES string of the molecule is C=C/C=C(\C=C)CNC(=C)C1CCCN1C(=C)CC(=CN)/C=C\N. The van der Waals surface area contributed by atoms with Crippen molar-refractivity contribution in [2.24, 2.45) is 11.5 Å². The van der Waals surface area contributed by atoms with Crippen LogP contribution in [-0.4, -0.2) is 24.0 Å². The lowest BCUT2D eigenvalue weighted by Gasteiger charge is -2.31. The van der Waals surface area contributed by atoms with E-state index in [0.717, 1.165) is 41.9 Å². The van der Waals surface area contributed by atoms with E-state index in [0.29, 0.717) is 13.0 Å². The summed E-state index contributed by atoms with van der Waals surface area (Å²) < 4.78 is 0. The largest absolute Gasteiger partial charge is 0.405 e. The van der Waals surface area contributed by atoms with Crippen LogP contribution in [0.25, 0.3) is 0 Å². The molecular formula is C20H30N4. The number of likely N-dealkylation sites (tertiary alicyclic amines) is 1. The summed E-state index contributed by atoms with van der Waals surface area (Å²) in [4.78, 5) is 2.30. The molecule has 1 fully saturated rings. The molecule has 1 atom stereocenters. The number of hydrogen-bond acceptors (Lipinski definition) is 4. The van der Waals surface area contributed by atoms with E-state index >= 15 is 0 Å². The lowest BCUT2D eigenvalue weighted by atomic mass is 10.1. The molecule has 5 N–H and O–H groups in total. The first-order chi connectivity index (χ1) is 11.6. The van der Waals surface area contributed by atoms with Crippen LogP contribution in [0.3, 0.4) is 0 Å². The lowest BCUT2D eigenvalue weighted by Crippen LogP contribution is -2.35. The minimum atomic E-state index is 0.244. The van der Waals surface area contributed by atoms with Crippen LogP contribution in [0.5, 0.6) is 0 Å². The third-order valence-electron chi connectivity index (χ3n) is 4.11. The van der Waals surface area contributed by atoms with E-state index in [9.17, 15) is 0 Å². The van der Waals surface area contributed by atoms with Gasteiger partial charge in [0.25, 0.3) is 0 Å². The Morgan fingerprint density at radius 3 is 2.54 bits per heavy atom. The molecule has 4 nitrogen and oxygen atoms in total. The maximum absolute atomic E-state index is 5.64. The molecule has 0 aromatic rings. The first-order valence-electron chi connectivity index (χ1n) is 8.17. The third kappa shape index (κ3) is 5.54. The van der Waals surface area contributed by atoms with Crippen molar-refractivity contribution in [2.75, 3.05) is 13.1 Å². The van der Waals surface area contributed by atoms with Gasteiger partial charge in [0.1, 0.15) is 0 Å². The zero-order valence-corrected chi connectivity index (χ0v) is 14.5. The molecule has 0 radical (unpaired) electrons. The average molecular weight is 326 g/mol. The van der Waals surface area contributed by atoms with Crippen molar-refractivity contribution in [1.29, 1.82) is 0 Å². The summed E-state index contributed by atoms with van der Waals surface area (Å²) in [5.74, 6) is 0. The minimum absolute atomic E-state index is 0.244. The van der Waals surface area contributed by atoms with Gasteiger partial charge >= 0.3 is 0 Å². The van der Waals surface area contributed by atoms with Gasteiger partial charge in [-0.1, -0.05) is 44.5 Å². The molecule has 0 spiro atoms. The van der Waals surface area contributed by atoms with Gasteiger partial charge in [0.15, 0.2) is 0 Å². The summed E-state index contributed by atoms with van der Waals surface area (Å²) in [6, 6.07) is 0.244. The Morgan fingerprint density at radius 1 is 1.21 bits per heavy atom. The number of nitrogens with two attached hydrogens (primary N) is 2.